The molecule has 19 heteroatoms. The predicted molar refractivity (Wildman–Crippen MR) is 445 cm³/mol. The summed E-state index contributed by atoms with van der Waals surface area (Å²) < 4.78 is 68.6. The summed E-state index contributed by atoms with van der Waals surface area (Å²) in [6, 6.07) is 0. The molecule has 0 rings (SSSR count). The Hall–Kier alpha value is -5.58. The average molecular weight is 1550 g/mol. The fraction of sp³-hybridized carbons (Fsp3) is 0.640. The molecule has 0 amide bonds. The number of hydrogen-bond acceptors (Lipinski definition) is 15. The highest BCUT2D eigenvalue weighted by Crippen LogP contribution is 2.45. The molecule has 0 saturated heterocycles. The molecule has 2 unspecified atom stereocenters. The molecule has 0 aromatic rings. The molecule has 0 spiro atoms. The van der Waals surface area contributed by atoms with E-state index in [4.69, 9.17) is 37.0 Å². The smallest absolute Gasteiger partial charge is 0.462 e. The van der Waals surface area contributed by atoms with Gasteiger partial charge in [0.2, 0.25) is 0 Å². The van der Waals surface area contributed by atoms with Crippen molar-refractivity contribution in [3.8, 4) is 0 Å². The lowest BCUT2D eigenvalue weighted by Crippen LogP contribution is -2.30. The Morgan fingerprint density at radius 2 is 0.500 bits per heavy atom. The minimum absolute atomic E-state index is 0.0379. The number of aliphatic hydroxyl groups excluding tert-OH is 1. The maximum Gasteiger partial charge on any atom is 0.472 e. The van der Waals surface area contributed by atoms with Gasteiger partial charge in [-0.2, -0.15) is 0 Å². The molecule has 0 radical (unpaired) electrons. The van der Waals surface area contributed by atoms with Crippen molar-refractivity contribution in [1.29, 1.82) is 0 Å². The third kappa shape index (κ3) is 78.5. The van der Waals surface area contributed by atoms with Gasteiger partial charge in [0.15, 0.2) is 12.2 Å². The van der Waals surface area contributed by atoms with Crippen LogP contribution in [-0.4, -0.2) is 96.7 Å². The molecule has 0 aliphatic carbocycles. The molecule has 0 fully saturated rings. The van der Waals surface area contributed by atoms with Crippen LogP contribution < -0.4 is 0 Å². The normalized spacial score (nSPS) is 14.7. The van der Waals surface area contributed by atoms with E-state index in [9.17, 15) is 43.2 Å². The lowest BCUT2D eigenvalue weighted by molar-refractivity contribution is -0.161. The molecule has 108 heavy (non-hydrogen) atoms. The van der Waals surface area contributed by atoms with E-state index in [1.807, 2.05) is 18.2 Å². The van der Waals surface area contributed by atoms with E-state index in [0.29, 0.717) is 32.1 Å². The van der Waals surface area contributed by atoms with Gasteiger partial charge in [0.05, 0.1) is 26.4 Å². The molecule has 0 aromatic carbocycles. The first-order valence-electron chi connectivity index (χ1n) is 41.4. The fourth-order valence-electron chi connectivity index (χ4n) is 10.3. The van der Waals surface area contributed by atoms with Gasteiger partial charge in [-0.05, 0) is 173 Å². The van der Waals surface area contributed by atoms with Gasteiger partial charge in [-0.3, -0.25) is 37.3 Å². The van der Waals surface area contributed by atoms with E-state index in [1.165, 1.54) is 57.8 Å². The average Bonchev–Trinajstić information content (AvgIpc) is 0.907. The molecular weight excluding hydrogens is 1400 g/mol. The number of unbranched alkanes of at least 4 members (excludes halogenated alkanes) is 22. The standard InChI is InChI=1S/C89H146O17P2/c1-5-9-13-17-21-25-29-33-37-39-41-43-47-51-55-59-63-67-71-75-88(93)105-84(79-99-86(91)73-69-65-61-57-53-49-45-35-31-27-23-19-15-11-7-3)81-103-107(95,96)101-77-83(90)78-102-108(97,98)104-82-85(80-100-87(92)74-70-66-62-58-54-50-46-36-32-28-24-20-16-12-8-4)106-89(94)76-72-68-64-60-56-52-48-44-42-40-38-34-30-26-22-18-14-10-6-2/h9,13,21-28,33-38,41-46,51-52,55-56,64,68,83-85,90H,5-8,10-12,14-20,29-32,39-40,47-50,53-54,57-63,65-67,69-82H2,1-4H3,(H,95,96)(H,97,98)/b13-9-,25-21-,26-22-,27-23-,28-24-,37-33-,38-34-,43-41-,44-42-,45-35-,46-36-,55-51-,56-52-,68-64-/t83-,84-,85-/m1/s1. The van der Waals surface area contributed by atoms with Gasteiger partial charge in [-0.25, -0.2) is 9.13 Å². The van der Waals surface area contributed by atoms with Crippen molar-refractivity contribution in [3.63, 3.8) is 0 Å². The molecule has 0 aliphatic heterocycles. The number of phosphoric ester groups is 2. The third-order valence-electron chi connectivity index (χ3n) is 16.6. The summed E-state index contributed by atoms with van der Waals surface area (Å²) in [7, 11) is -10.0. The summed E-state index contributed by atoms with van der Waals surface area (Å²) in [6.45, 7) is 4.52. The van der Waals surface area contributed by atoms with E-state index in [-0.39, 0.29) is 25.7 Å². The van der Waals surface area contributed by atoms with E-state index >= 15 is 0 Å². The summed E-state index contributed by atoms with van der Waals surface area (Å²) in [6.07, 6.45) is 94.8. The number of carbonyl (C=O) groups excluding carboxylic acids is 4. The number of allylic oxidation sites excluding steroid dienone is 28. The van der Waals surface area contributed by atoms with Crippen LogP contribution in [0.3, 0.4) is 0 Å². The van der Waals surface area contributed by atoms with Crippen LogP contribution >= 0.6 is 15.6 Å². The van der Waals surface area contributed by atoms with Gasteiger partial charge in [0, 0.05) is 25.7 Å². The maximum atomic E-state index is 13.1. The number of rotatable bonds is 76. The van der Waals surface area contributed by atoms with Crippen LogP contribution in [0.25, 0.3) is 0 Å². The first kappa shape index (κ1) is 102. The Kier molecular flexibility index (Phi) is 75.4. The van der Waals surface area contributed by atoms with Crippen LogP contribution in [0.2, 0.25) is 0 Å². The summed E-state index contributed by atoms with van der Waals surface area (Å²) in [5, 5.41) is 10.7. The van der Waals surface area contributed by atoms with Crippen LogP contribution in [-0.2, 0) is 65.4 Å². The highest BCUT2D eigenvalue weighted by Gasteiger charge is 2.30. The number of phosphoric acid groups is 2. The zero-order valence-electron chi connectivity index (χ0n) is 67.2. The largest absolute Gasteiger partial charge is 0.472 e. The summed E-state index contributed by atoms with van der Waals surface area (Å²) >= 11 is 0. The van der Waals surface area contributed by atoms with Crippen LogP contribution in [0.15, 0.2) is 170 Å². The molecular formula is C89H146O17P2. The van der Waals surface area contributed by atoms with Gasteiger partial charge >= 0.3 is 39.5 Å². The number of ether oxygens (including phenoxy) is 4. The number of hydrogen-bond donors (Lipinski definition) is 3. The predicted octanol–water partition coefficient (Wildman–Crippen LogP) is 24.6. The monoisotopic (exact) mass is 1550 g/mol. The lowest BCUT2D eigenvalue weighted by Gasteiger charge is -2.21. The molecule has 17 nitrogen and oxygen atoms in total. The summed E-state index contributed by atoms with van der Waals surface area (Å²) in [5.74, 6) is -2.35. The molecule has 0 aromatic heterocycles. The Morgan fingerprint density at radius 1 is 0.269 bits per heavy atom. The highest BCUT2D eigenvalue weighted by molar-refractivity contribution is 7.47. The molecule has 5 atom stereocenters. The first-order valence-corrected chi connectivity index (χ1v) is 44.4. The summed E-state index contributed by atoms with van der Waals surface area (Å²) in [5.41, 5.74) is 0. The second kappa shape index (κ2) is 79.5. The molecule has 0 bridgehead atoms. The number of aliphatic hydroxyl groups is 1. The van der Waals surface area contributed by atoms with Crippen molar-refractivity contribution in [3.05, 3.63) is 170 Å². The van der Waals surface area contributed by atoms with Crippen molar-refractivity contribution in [2.45, 2.75) is 329 Å². The van der Waals surface area contributed by atoms with E-state index in [2.05, 4.69) is 180 Å². The van der Waals surface area contributed by atoms with Crippen molar-refractivity contribution < 1.29 is 80.2 Å². The topological polar surface area (TPSA) is 237 Å². The molecule has 614 valence electrons. The van der Waals surface area contributed by atoms with Crippen molar-refractivity contribution in [1.82, 2.24) is 0 Å². The Labute approximate surface area is 654 Å². The molecule has 3 N–H and O–H groups in total. The highest BCUT2D eigenvalue weighted by atomic mass is 31.2. The van der Waals surface area contributed by atoms with Crippen molar-refractivity contribution >= 4 is 39.5 Å². The minimum Gasteiger partial charge on any atom is -0.462 e. The van der Waals surface area contributed by atoms with Gasteiger partial charge in [0.1, 0.15) is 19.3 Å². The van der Waals surface area contributed by atoms with Gasteiger partial charge in [-0.1, -0.05) is 281 Å². The first-order chi connectivity index (χ1) is 52.7. The Balaban J connectivity index is 5.52. The van der Waals surface area contributed by atoms with Crippen molar-refractivity contribution in [2.75, 3.05) is 39.6 Å². The van der Waals surface area contributed by atoms with Crippen molar-refractivity contribution in [2.24, 2.45) is 0 Å². The quantitative estimate of drug-likeness (QED) is 0.0169. The van der Waals surface area contributed by atoms with Crippen LogP contribution in [0.4, 0.5) is 0 Å². The second-order valence-corrected chi connectivity index (χ2v) is 29.9. The van der Waals surface area contributed by atoms with Gasteiger partial charge in [0.25, 0.3) is 0 Å². The third-order valence-corrected chi connectivity index (χ3v) is 18.5. The zero-order valence-corrected chi connectivity index (χ0v) is 69.0. The Bertz CT molecular complexity index is 2710. The van der Waals surface area contributed by atoms with Gasteiger partial charge in [-0.15, -0.1) is 0 Å². The molecule has 0 aliphatic rings. The zero-order chi connectivity index (χ0) is 78.9. The maximum absolute atomic E-state index is 13.1. The SMILES string of the molecule is CC/C=C\C/C=C\C/C=C\C/C=C\C/C=C\CCCCCC(=O)O[C@H](COC(=O)CCCCCCC/C=C\C/C=C\CCCCC)COP(=O)(O)OC[C@@H](O)COP(=O)(O)OC[C@@H](COC(=O)CCCCCCC/C=C\C/C=C\CCCCC)OC(=O)CC/C=C\C/C=C\C/C=C\C/C=C\C/C=C\CCCCC. The fourth-order valence-corrected chi connectivity index (χ4v) is 11.9. The molecule has 0 saturated carbocycles. The summed E-state index contributed by atoms with van der Waals surface area (Å²) in [4.78, 5) is 73.1. The van der Waals surface area contributed by atoms with Crippen LogP contribution in [0.5, 0.6) is 0 Å². The molecule has 0 heterocycles. The number of carbonyl (C=O) groups is 4. The van der Waals surface area contributed by atoms with E-state index < -0.39 is 97.5 Å². The van der Waals surface area contributed by atoms with E-state index in [1.54, 1.807) is 0 Å². The Morgan fingerprint density at radius 3 is 0.806 bits per heavy atom. The van der Waals surface area contributed by atoms with E-state index in [0.717, 1.165) is 167 Å². The number of esters is 4. The second-order valence-electron chi connectivity index (χ2n) is 27.0. The van der Waals surface area contributed by atoms with Crippen LogP contribution in [0.1, 0.15) is 310 Å². The van der Waals surface area contributed by atoms with Gasteiger partial charge < -0.3 is 33.8 Å². The lowest BCUT2D eigenvalue weighted by atomic mass is 10.1. The van der Waals surface area contributed by atoms with Crippen LogP contribution in [0, 0.1) is 0 Å². The minimum atomic E-state index is -5.01.